The Labute approximate surface area is 189 Å². The molecule has 148 valence electrons. The van der Waals surface area contributed by atoms with Crippen molar-refractivity contribution in [3.05, 3.63) is 75.7 Å². The Morgan fingerprint density at radius 1 is 0.862 bits per heavy atom. The maximum Gasteiger partial charge on any atom is 0.163 e. The van der Waals surface area contributed by atoms with Crippen LogP contribution >= 0.6 is 34.8 Å². The maximum absolute atomic E-state index is 6.37. The molecule has 0 amide bonds. The molecule has 0 radical (unpaired) electrons. The summed E-state index contributed by atoms with van der Waals surface area (Å²) in [4.78, 5) is 9.38. The predicted octanol–water partition coefficient (Wildman–Crippen LogP) is 4.01. The molecule has 0 fully saturated rings. The Kier molecular flexibility index (Phi) is 6.70. The zero-order valence-corrected chi connectivity index (χ0v) is 18.1. The van der Waals surface area contributed by atoms with Gasteiger partial charge in [-0.2, -0.15) is 0 Å². The second kappa shape index (κ2) is 9.06. The van der Waals surface area contributed by atoms with E-state index in [1.54, 1.807) is 43.5 Å². The van der Waals surface area contributed by atoms with Gasteiger partial charge in [0, 0.05) is 21.0 Å². The Morgan fingerprint density at radius 2 is 1.59 bits per heavy atom. The van der Waals surface area contributed by atoms with E-state index in [2.05, 4.69) is 10.3 Å². The number of aromatic nitrogens is 2. The van der Waals surface area contributed by atoms with Gasteiger partial charge in [-0.15, -0.1) is 0 Å². The highest BCUT2D eigenvalue weighted by molar-refractivity contribution is 6.36. The minimum Gasteiger partial charge on any atom is -1.00 e. The van der Waals surface area contributed by atoms with Crippen molar-refractivity contribution in [1.29, 1.82) is 0 Å². The average Bonchev–Trinajstić information content (AvgIpc) is 2.68. The molecule has 4 nitrogen and oxygen atoms in total. The quantitative estimate of drug-likeness (QED) is 0.494. The van der Waals surface area contributed by atoms with Crippen molar-refractivity contribution >= 4 is 57.2 Å². The summed E-state index contributed by atoms with van der Waals surface area (Å²) in [6, 6.07) is 18.3. The van der Waals surface area contributed by atoms with E-state index >= 15 is 0 Å². The molecule has 8 heteroatoms. The number of anilines is 2. The summed E-state index contributed by atoms with van der Waals surface area (Å²) < 4.78 is 5.43. The van der Waals surface area contributed by atoms with Gasteiger partial charge in [-0.3, -0.25) is 0 Å². The van der Waals surface area contributed by atoms with Crippen LogP contribution in [0.2, 0.25) is 15.1 Å². The summed E-state index contributed by atoms with van der Waals surface area (Å²) in [7, 11) is 1.60. The largest absolute Gasteiger partial charge is 1.00 e. The number of benzene rings is 3. The van der Waals surface area contributed by atoms with E-state index in [9.17, 15) is 0 Å². The highest BCUT2D eigenvalue weighted by Gasteiger charge is 2.14. The van der Waals surface area contributed by atoms with E-state index in [1.165, 1.54) is 0 Å². The highest BCUT2D eigenvalue weighted by atomic mass is 35.5. The van der Waals surface area contributed by atoms with Crippen LogP contribution in [-0.4, -0.2) is 17.1 Å². The van der Waals surface area contributed by atoms with E-state index in [0.717, 1.165) is 10.9 Å². The molecule has 0 aliphatic carbocycles. The third-order valence-electron chi connectivity index (χ3n) is 4.19. The first-order valence-corrected chi connectivity index (χ1v) is 9.51. The Hall–Kier alpha value is -2.24. The number of methoxy groups -OCH3 is 1. The topological polar surface area (TPSA) is 47.0 Å². The van der Waals surface area contributed by atoms with Crippen LogP contribution in [0.5, 0.6) is 5.75 Å². The number of ether oxygens (including phenoxy) is 1. The molecular weight excluding hydrogens is 452 g/mol. The Balaban J connectivity index is 0.00000240. The van der Waals surface area contributed by atoms with Crippen LogP contribution < -0.4 is 22.5 Å². The lowest BCUT2D eigenvalue weighted by atomic mass is 10.1. The number of fused-ring (bicyclic) bond motifs is 1. The molecule has 0 aliphatic heterocycles. The monoisotopic (exact) mass is 464 g/mol. The lowest BCUT2D eigenvalue weighted by Crippen LogP contribution is -3.00. The van der Waals surface area contributed by atoms with Crippen LogP contribution in [0.1, 0.15) is 0 Å². The normalized spacial score (nSPS) is 10.5. The van der Waals surface area contributed by atoms with Gasteiger partial charge in [-0.25, -0.2) is 9.97 Å². The summed E-state index contributed by atoms with van der Waals surface area (Å²) in [5.41, 5.74) is 2.17. The van der Waals surface area contributed by atoms with E-state index in [4.69, 9.17) is 44.5 Å². The van der Waals surface area contributed by atoms with Gasteiger partial charge in [0.15, 0.2) is 5.82 Å². The van der Waals surface area contributed by atoms with Crippen molar-refractivity contribution in [1.82, 2.24) is 9.97 Å². The van der Waals surface area contributed by atoms with E-state index < -0.39 is 0 Å². The minimum absolute atomic E-state index is 0. The van der Waals surface area contributed by atoms with Gasteiger partial charge in [-0.05, 0) is 48.5 Å². The van der Waals surface area contributed by atoms with E-state index in [1.807, 2.05) is 24.3 Å². The highest BCUT2D eigenvalue weighted by Crippen LogP contribution is 2.35. The van der Waals surface area contributed by atoms with Gasteiger partial charge in [0.25, 0.3) is 0 Å². The number of para-hydroxylation sites is 1. The SMILES string of the molecule is COc1ccc(Cl)cc1Nc1nc(-c2ccc(Cl)cc2Cl)nc2ccccc12.[Cl-]. The van der Waals surface area contributed by atoms with Crippen molar-refractivity contribution in [3.63, 3.8) is 0 Å². The Bertz CT molecular complexity index is 1180. The smallest absolute Gasteiger partial charge is 0.163 e. The number of hydrogen-bond donors (Lipinski definition) is 1. The molecule has 0 bridgehead atoms. The maximum atomic E-state index is 6.37. The van der Waals surface area contributed by atoms with Crippen LogP contribution in [0.25, 0.3) is 22.3 Å². The summed E-state index contributed by atoms with van der Waals surface area (Å²) in [5.74, 6) is 1.76. The van der Waals surface area contributed by atoms with Gasteiger partial charge in [0.1, 0.15) is 11.6 Å². The van der Waals surface area contributed by atoms with Crippen LogP contribution in [0.3, 0.4) is 0 Å². The third kappa shape index (κ3) is 4.51. The molecule has 1 N–H and O–H groups in total. The third-order valence-corrected chi connectivity index (χ3v) is 4.97. The van der Waals surface area contributed by atoms with Gasteiger partial charge in [0.05, 0.1) is 23.3 Å². The number of nitrogens with zero attached hydrogens (tertiary/aromatic N) is 2. The van der Waals surface area contributed by atoms with Crippen LogP contribution in [0.4, 0.5) is 11.5 Å². The number of halogens is 4. The van der Waals surface area contributed by atoms with Gasteiger partial charge >= 0.3 is 0 Å². The van der Waals surface area contributed by atoms with Crippen LogP contribution in [0, 0.1) is 0 Å². The molecule has 0 unspecified atom stereocenters. The first kappa shape index (κ1) is 21.5. The summed E-state index contributed by atoms with van der Waals surface area (Å²) in [6.45, 7) is 0. The molecular formula is C21H14Cl4N3O-. The van der Waals surface area contributed by atoms with Crippen molar-refractivity contribution in [3.8, 4) is 17.1 Å². The first-order chi connectivity index (χ1) is 13.5. The summed E-state index contributed by atoms with van der Waals surface area (Å²) in [6.07, 6.45) is 0. The molecule has 0 spiro atoms. The average molecular weight is 466 g/mol. The Morgan fingerprint density at radius 3 is 2.34 bits per heavy atom. The van der Waals surface area contributed by atoms with Gasteiger partial charge in [0.2, 0.25) is 0 Å². The molecule has 1 heterocycles. The lowest BCUT2D eigenvalue weighted by Gasteiger charge is -2.14. The lowest BCUT2D eigenvalue weighted by molar-refractivity contribution is -0.00000561. The van der Waals surface area contributed by atoms with Gasteiger partial charge < -0.3 is 22.5 Å². The predicted molar refractivity (Wildman–Crippen MR) is 116 cm³/mol. The second-order valence-corrected chi connectivity index (χ2v) is 7.29. The molecule has 3 aromatic carbocycles. The summed E-state index contributed by atoms with van der Waals surface area (Å²) in [5, 5.41) is 5.80. The fourth-order valence-electron chi connectivity index (χ4n) is 2.87. The molecule has 1 aromatic heterocycles. The van der Waals surface area contributed by atoms with E-state index in [0.29, 0.717) is 43.7 Å². The molecule has 0 aliphatic rings. The number of nitrogens with one attached hydrogen (secondary N) is 1. The van der Waals surface area contributed by atoms with Crippen molar-refractivity contribution in [2.45, 2.75) is 0 Å². The summed E-state index contributed by atoms with van der Waals surface area (Å²) >= 11 is 18.6. The van der Waals surface area contributed by atoms with Crippen molar-refractivity contribution in [2.75, 3.05) is 12.4 Å². The number of hydrogen-bond acceptors (Lipinski definition) is 4. The fraction of sp³-hybridized carbons (Fsp3) is 0.0476. The first-order valence-electron chi connectivity index (χ1n) is 8.38. The van der Waals surface area contributed by atoms with E-state index in [-0.39, 0.29) is 12.4 Å². The molecule has 4 aromatic rings. The zero-order valence-electron chi connectivity index (χ0n) is 15.1. The number of rotatable bonds is 4. The minimum atomic E-state index is 0. The van der Waals surface area contributed by atoms with Crippen molar-refractivity contribution < 1.29 is 17.1 Å². The molecule has 29 heavy (non-hydrogen) atoms. The van der Waals surface area contributed by atoms with Gasteiger partial charge in [-0.1, -0.05) is 46.9 Å². The molecule has 0 atom stereocenters. The molecule has 0 saturated heterocycles. The zero-order chi connectivity index (χ0) is 19.7. The second-order valence-electron chi connectivity index (χ2n) is 6.01. The van der Waals surface area contributed by atoms with Crippen LogP contribution in [-0.2, 0) is 0 Å². The standard InChI is InChI=1S/C21H14Cl3N3O.ClH/c1-28-19-9-7-13(23)11-18(19)26-21-15-4-2-3-5-17(15)25-20(27-21)14-8-6-12(22)10-16(14)24;/h2-11H,1H3,(H,25,26,27);1H/p-1. The fourth-order valence-corrected chi connectivity index (χ4v) is 3.53. The molecule has 4 rings (SSSR count). The van der Waals surface area contributed by atoms with Crippen LogP contribution in [0.15, 0.2) is 60.7 Å². The molecule has 0 saturated carbocycles. The van der Waals surface area contributed by atoms with Crippen molar-refractivity contribution in [2.24, 2.45) is 0 Å².